The summed E-state index contributed by atoms with van der Waals surface area (Å²) in [5.74, 6) is 0. The lowest BCUT2D eigenvalue weighted by Crippen LogP contribution is -2.24. The molecule has 0 spiro atoms. The van der Waals surface area contributed by atoms with E-state index in [1.807, 2.05) is 6.08 Å². The van der Waals surface area contributed by atoms with Crippen LogP contribution in [0, 0.1) is 6.92 Å². The molecule has 0 aliphatic carbocycles. The van der Waals surface area contributed by atoms with Crippen LogP contribution in [0.4, 0.5) is 0 Å². The molecule has 8 heavy (non-hydrogen) atoms. The Balaban J connectivity index is 2.97. The molecule has 1 radical (unpaired) electrons. The van der Waals surface area contributed by atoms with Crippen LogP contribution in [-0.4, -0.2) is 12.6 Å². The Labute approximate surface area is 51.8 Å². The van der Waals surface area contributed by atoms with Crippen LogP contribution < -0.4 is 5.32 Å². The van der Waals surface area contributed by atoms with Gasteiger partial charge in [-0.05, 0) is 13.3 Å². The molecule has 1 heteroatoms. The molecule has 1 nitrogen and oxygen atoms in total. The summed E-state index contributed by atoms with van der Waals surface area (Å²) in [4.78, 5) is 0. The van der Waals surface area contributed by atoms with Gasteiger partial charge in [0.15, 0.2) is 0 Å². The van der Waals surface area contributed by atoms with Crippen molar-refractivity contribution in [3.63, 3.8) is 0 Å². The molecular formula is C7H14N. The van der Waals surface area contributed by atoms with Crippen molar-refractivity contribution < 1.29 is 0 Å². The highest BCUT2D eigenvalue weighted by Crippen LogP contribution is 1.84. The highest BCUT2D eigenvalue weighted by molar-refractivity contribution is 4.72. The minimum absolute atomic E-state index is 0.521. The predicted octanol–water partition coefficient (Wildman–Crippen LogP) is 1.37. The minimum Gasteiger partial charge on any atom is -0.311 e. The first kappa shape index (κ1) is 7.70. The molecule has 0 bridgehead atoms. The Morgan fingerprint density at radius 2 is 2.38 bits per heavy atom. The topological polar surface area (TPSA) is 12.0 Å². The summed E-state index contributed by atoms with van der Waals surface area (Å²) in [6, 6.07) is 0.521. The van der Waals surface area contributed by atoms with E-state index in [4.69, 9.17) is 0 Å². The van der Waals surface area contributed by atoms with Gasteiger partial charge in [-0.1, -0.05) is 13.0 Å². The van der Waals surface area contributed by atoms with Gasteiger partial charge in [0.1, 0.15) is 0 Å². The zero-order chi connectivity index (χ0) is 6.41. The van der Waals surface area contributed by atoms with E-state index >= 15 is 0 Å². The van der Waals surface area contributed by atoms with Gasteiger partial charge in [0.05, 0.1) is 0 Å². The van der Waals surface area contributed by atoms with E-state index in [1.54, 1.807) is 0 Å². The smallest absolute Gasteiger partial charge is 0.0134 e. The van der Waals surface area contributed by atoms with E-state index in [9.17, 15) is 0 Å². The highest BCUT2D eigenvalue weighted by Gasteiger charge is 1.91. The van der Waals surface area contributed by atoms with Gasteiger partial charge in [-0.3, -0.25) is 0 Å². The second-order valence-electron chi connectivity index (χ2n) is 1.89. The number of rotatable bonds is 4. The van der Waals surface area contributed by atoms with Crippen molar-refractivity contribution in [1.82, 2.24) is 5.32 Å². The van der Waals surface area contributed by atoms with Gasteiger partial charge in [0, 0.05) is 12.6 Å². The third-order valence-corrected chi connectivity index (χ3v) is 1.04. The molecule has 1 atom stereocenters. The second-order valence-corrected chi connectivity index (χ2v) is 1.89. The fourth-order valence-electron chi connectivity index (χ4n) is 0.387. The molecule has 0 aromatic carbocycles. The molecule has 0 heterocycles. The van der Waals surface area contributed by atoms with Gasteiger partial charge >= 0.3 is 0 Å². The van der Waals surface area contributed by atoms with Crippen LogP contribution in [0.1, 0.15) is 13.3 Å². The monoisotopic (exact) mass is 112 g/mol. The van der Waals surface area contributed by atoms with Crippen LogP contribution in [0.5, 0.6) is 0 Å². The molecule has 0 fully saturated rings. The SMILES string of the molecule is [CH2]CC(C)NCC=C. The Morgan fingerprint density at radius 3 is 2.75 bits per heavy atom. The zero-order valence-corrected chi connectivity index (χ0v) is 5.48. The van der Waals surface area contributed by atoms with Gasteiger partial charge in [-0.15, -0.1) is 6.58 Å². The van der Waals surface area contributed by atoms with Gasteiger partial charge in [-0.2, -0.15) is 0 Å². The fraction of sp³-hybridized carbons (Fsp3) is 0.571. The summed E-state index contributed by atoms with van der Waals surface area (Å²) >= 11 is 0. The molecule has 1 N–H and O–H groups in total. The molecule has 0 aliphatic heterocycles. The first-order valence-corrected chi connectivity index (χ1v) is 2.94. The van der Waals surface area contributed by atoms with Crippen molar-refractivity contribution in [3.05, 3.63) is 19.6 Å². The minimum atomic E-state index is 0.521. The Kier molecular flexibility index (Phi) is 4.67. The maximum absolute atomic E-state index is 3.74. The molecule has 0 aromatic rings. The Bertz CT molecular complexity index is 59.4. The molecular weight excluding hydrogens is 98.1 g/mol. The van der Waals surface area contributed by atoms with E-state index in [0.29, 0.717) is 6.04 Å². The van der Waals surface area contributed by atoms with E-state index in [2.05, 4.69) is 25.7 Å². The van der Waals surface area contributed by atoms with Crippen LogP contribution in [0.2, 0.25) is 0 Å². The first-order valence-electron chi connectivity index (χ1n) is 2.94. The van der Waals surface area contributed by atoms with Crippen LogP contribution >= 0.6 is 0 Å². The van der Waals surface area contributed by atoms with Crippen molar-refractivity contribution in [2.75, 3.05) is 6.54 Å². The molecule has 0 saturated heterocycles. The second kappa shape index (κ2) is 4.85. The van der Waals surface area contributed by atoms with Gasteiger partial charge in [0.25, 0.3) is 0 Å². The molecule has 0 aliphatic rings. The van der Waals surface area contributed by atoms with Crippen LogP contribution in [0.15, 0.2) is 12.7 Å². The summed E-state index contributed by atoms with van der Waals surface area (Å²) in [6.45, 7) is 10.3. The van der Waals surface area contributed by atoms with E-state index in [1.165, 1.54) is 0 Å². The van der Waals surface area contributed by atoms with Crippen molar-refractivity contribution in [2.45, 2.75) is 19.4 Å². The average Bonchev–Trinajstić information content (AvgIpc) is 1.83. The fourth-order valence-corrected chi connectivity index (χ4v) is 0.387. The number of hydrogen-bond donors (Lipinski definition) is 1. The summed E-state index contributed by atoms with van der Waals surface area (Å²) in [5, 5.41) is 3.20. The molecule has 0 aromatic heterocycles. The highest BCUT2D eigenvalue weighted by atomic mass is 14.9. The third kappa shape index (κ3) is 3.88. The maximum atomic E-state index is 3.74. The molecule has 0 saturated carbocycles. The van der Waals surface area contributed by atoms with Crippen molar-refractivity contribution in [2.24, 2.45) is 0 Å². The lowest BCUT2D eigenvalue weighted by molar-refractivity contribution is 0.589. The average molecular weight is 112 g/mol. The lowest BCUT2D eigenvalue weighted by atomic mass is 10.3. The van der Waals surface area contributed by atoms with Crippen LogP contribution in [0.3, 0.4) is 0 Å². The summed E-state index contributed by atoms with van der Waals surface area (Å²) in [7, 11) is 0. The van der Waals surface area contributed by atoms with Gasteiger partial charge in [0.2, 0.25) is 0 Å². The summed E-state index contributed by atoms with van der Waals surface area (Å²) in [6.07, 6.45) is 2.79. The Hall–Kier alpha value is -0.300. The summed E-state index contributed by atoms with van der Waals surface area (Å²) < 4.78 is 0. The van der Waals surface area contributed by atoms with E-state index in [0.717, 1.165) is 13.0 Å². The summed E-state index contributed by atoms with van der Waals surface area (Å²) in [5.41, 5.74) is 0. The van der Waals surface area contributed by atoms with Gasteiger partial charge < -0.3 is 5.32 Å². The third-order valence-electron chi connectivity index (χ3n) is 1.04. The predicted molar refractivity (Wildman–Crippen MR) is 37.6 cm³/mol. The molecule has 0 amide bonds. The van der Waals surface area contributed by atoms with E-state index < -0.39 is 0 Å². The van der Waals surface area contributed by atoms with Crippen molar-refractivity contribution in [3.8, 4) is 0 Å². The number of nitrogens with one attached hydrogen (secondary N) is 1. The largest absolute Gasteiger partial charge is 0.311 e. The lowest BCUT2D eigenvalue weighted by Gasteiger charge is -2.06. The molecule has 47 valence electrons. The molecule has 1 unspecified atom stereocenters. The normalized spacial score (nSPS) is 13.2. The van der Waals surface area contributed by atoms with Crippen LogP contribution in [-0.2, 0) is 0 Å². The molecule has 0 rings (SSSR count). The Morgan fingerprint density at radius 1 is 1.75 bits per heavy atom. The van der Waals surface area contributed by atoms with Gasteiger partial charge in [-0.25, -0.2) is 0 Å². The zero-order valence-electron chi connectivity index (χ0n) is 5.48. The number of hydrogen-bond acceptors (Lipinski definition) is 1. The van der Waals surface area contributed by atoms with Crippen molar-refractivity contribution in [1.29, 1.82) is 0 Å². The van der Waals surface area contributed by atoms with Crippen molar-refractivity contribution >= 4 is 0 Å². The maximum Gasteiger partial charge on any atom is 0.0134 e. The first-order chi connectivity index (χ1) is 3.81. The standard InChI is InChI=1S/C7H14N/c1-4-6-8-7(3)5-2/h4,7-8H,1-2,5-6H2,3H3. The quantitative estimate of drug-likeness (QED) is 0.542. The van der Waals surface area contributed by atoms with Crippen LogP contribution in [0.25, 0.3) is 0 Å². The van der Waals surface area contributed by atoms with E-state index in [-0.39, 0.29) is 0 Å².